The lowest BCUT2D eigenvalue weighted by atomic mass is 10.0. The summed E-state index contributed by atoms with van der Waals surface area (Å²) in [5.41, 5.74) is 2.50. The molecule has 0 aliphatic heterocycles. The van der Waals surface area contributed by atoms with Crippen molar-refractivity contribution in [1.29, 1.82) is 0 Å². The second-order valence-corrected chi connectivity index (χ2v) is 9.48. The predicted octanol–water partition coefficient (Wildman–Crippen LogP) is 5.84. The highest BCUT2D eigenvalue weighted by Gasteiger charge is 2.17. The third-order valence-electron chi connectivity index (χ3n) is 5.18. The summed E-state index contributed by atoms with van der Waals surface area (Å²) in [6, 6.07) is 23.6. The van der Waals surface area contributed by atoms with E-state index in [0.717, 1.165) is 32.5 Å². The molecule has 2 aromatic heterocycles. The van der Waals surface area contributed by atoms with Gasteiger partial charge in [0.05, 0.1) is 11.1 Å². The van der Waals surface area contributed by atoms with Gasteiger partial charge in [-0.05, 0) is 23.9 Å². The van der Waals surface area contributed by atoms with Gasteiger partial charge < -0.3 is 10.3 Å². The molecule has 7 heteroatoms. The molecule has 0 saturated heterocycles. The quantitative estimate of drug-likeness (QED) is 0.257. The highest BCUT2D eigenvalue weighted by molar-refractivity contribution is 7.99. The van der Waals surface area contributed by atoms with Crippen LogP contribution in [0.25, 0.3) is 32.1 Å². The first-order valence-electron chi connectivity index (χ1n) is 10.1. The van der Waals surface area contributed by atoms with E-state index < -0.39 is 0 Å². The van der Waals surface area contributed by atoms with Gasteiger partial charge in [-0.2, -0.15) is 0 Å². The number of fused-ring (bicyclic) bond motifs is 2. The van der Waals surface area contributed by atoms with Crippen molar-refractivity contribution in [3.63, 3.8) is 0 Å². The van der Waals surface area contributed by atoms with Crippen LogP contribution in [-0.2, 0) is 4.79 Å². The number of thioether (sulfide) groups is 1. The maximum Gasteiger partial charge on any atom is 0.260 e. The van der Waals surface area contributed by atoms with Crippen molar-refractivity contribution in [3.05, 3.63) is 88.0 Å². The number of carbonyl (C=O) groups excluding carboxylic acids is 1. The molecule has 5 nitrogen and oxygen atoms in total. The molecule has 0 radical (unpaired) electrons. The molecule has 1 amide bonds. The Bertz CT molecular complexity index is 1500. The molecule has 5 rings (SSSR count). The fourth-order valence-corrected chi connectivity index (χ4v) is 5.54. The molecule has 0 bridgehead atoms. The van der Waals surface area contributed by atoms with E-state index in [0.29, 0.717) is 15.4 Å². The average Bonchev–Trinajstić information content (AvgIpc) is 3.15. The number of benzene rings is 3. The lowest BCUT2D eigenvalue weighted by Gasteiger charge is -2.08. The first-order valence-corrected chi connectivity index (χ1v) is 11.9. The van der Waals surface area contributed by atoms with Crippen LogP contribution in [0.5, 0.6) is 0 Å². The van der Waals surface area contributed by atoms with E-state index in [1.165, 1.54) is 23.1 Å². The molecule has 0 fully saturated rings. The van der Waals surface area contributed by atoms with Gasteiger partial charge >= 0.3 is 0 Å². The molecule has 0 atom stereocenters. The highest BCUT2D eigenvalue weighted by Crippen LogP contribution is 2.36. The first-order chi connectivity index (χ1) is 15.6. The van der Waals surface area contributed by atoms with Gasteiger partial charge in [-0.15, -0.1) is 11.3 Å². The molecule has 32 heavy (non-hydrogen) atoms. The third-order valence-corrected chi connectivity index (χ3v) is 7.05. The van der Waals surface area contributed by atoms with Crippen LogP contribution in [0.3, 0.4) is 0 Å². The number of carbonyl (C=O) groups is 1. The van der Waals surface area contributed by atoms with E-state index in [-0.39, 0.29) is 17.2 Å². The predicted molar refractivity (Wildman–Crippen MR) is 134 cm³/mol. The van der Waals surface area contributed by atoms with E-state index in [1.54, 1.807) is 0 Å². The standard InChI is InChI=1S/C25H19N3O2S2/c1-15-21(17-9-3-2-4-10-17)22-23(30)27-25(28-24(22)32-15)31-14-20(29)26-19-13-7-11-16-8-5-6-12-18(16)19/h2-13H,14H2,1H3,(H,26,29)(H,27,28,30). The normalized spacial score (nSPS) is 11.2. The van der Waals surface area contributed by atoms with Crippen molar-refractivity contribution in [2.75, 3.05) is 11.1 Å². The molecule has 5 aromatic rings. The largest absolute Gasteiger partial charge is 0.325 e. The summed E-state index contributed by atoms with van der Waals surface area (Å²) < 4.78 is 0. The van der Waals surface area contributed by atoms with Gasteiger partial charge in [0.25, 0.3) is 5.56 Å². The Morgan fingerprint density at radius 1 is 1.03 bits per heavy atom. The number of aromatic nitrogens is 2. The van der Waals surface area contributed by atoms with Crippen LogP contribution in [0.1, 0.15) is 4.88 Å². The van der Waals surface area contributed by atoms with E-state index in [4.69, 9.17) is 0 Å². The zero-order chi connectivity index (χ0) is 22.1. The smallest absolute Gasteiger partial charge is 0.260 e. The summed E-state index contributed by atoms with van der Waals surface area (Å²) >= 11 is 2.72. The van der Waals surface area contributed by atoms with Gasteiger partial charge in [-0.1, -0.05) is 78.5 Å². The first kappa shape index (κ1) is 20.5. The Kier molecular flexibility index (Phi) is 5.51. The molecule has 0 aliphatic rings. The van der Waals surface area contributed by atoms with Crippen LogP contribution in [0.15, 0.2) is 82.7 Å². The van der Waals surface area contributed by atoms with Gasteiger partial charge in [0.15, 0.2) is 5.16 Å². The second-order valence-electron chi connectivity index (χ2n) is 7.31. The average molecular weight is 458 g/mol. The maximum absolute atomic E-state index is 12.9. The molecule has 2 heterocycles. The van der Waals surface area contributed by atoms with Gasteiger partial charge in [0.1, 0.15) is 4.83 Å². The molecular weight excluding hydrogens is 438 g/mol. The Morgan fingerprint density at radius 2 is 1.78 bits per heavy atom. The number of nitrogens with one attached hydrogen (secondary N) is 2. The number of aromatic amines is 1. The Labute approximate surface area is 192 Å². The fourth-order valence-electron chi connectivity index (χ4n) is 3.77. The summed E-state index contributed by atoms with van der Waals surface area (Å²) in [4.78, 5) is 34.6. The van der Waals surface area contributed by atoms with Crippen LogP contribution < -0.4 is 10.9 Å². The topological polar surface area (TPSA) is 74.8 Å². The van der Waals surface area contributed by atoms with Crippen molar-refractivity contribution in [2.45, 2.75) is 12.1 Å². The monoisotopic (exact) mass is 457 g/mol. The van der Waals surface area contributed by atoms with Crippen molar-refractivity contribution in [1.82, 2.24) is 9.97 Å². The van der Waals surface area contributed by atoms with Crippen molar-refractivity contribution in [2.24, 2.45) is 0 Å². The van der Waals surface area contributed by atoms with Gasteiger partial charge in [0, 0.05) is 21.5 Å². The Morgan fingerprint density at radius 3 is 2.62 bits per heavy atom. The highest BCUT2D eigenvalue weighted by atomic mass is 32.2. The number of hydrogen-bond donors (Lipinski definition) is 2. The SMILES string of the molecule is Cc1sc2nc(SCC(=O)Nc3cccc4ccccc34)[nH]c(=O)c2c1-c1ccccc1. The van der Waals surface area contributed by atoms with E-state index >= 15 is 0 Å². The van der Waals surface area contributed by atoms with E-state index in [1.807, 2.05) is 79.7 Å². The van der Waals surface area contributed by atoms with Crippen LogP contribution >= 0.6 is 23.1 Å². The number of H-pyrrole nitrogens is 1. The maximum atomic E-state index is 12.9. The zero-order valence-corrected chi connectivity index (χ0v) is 18.8. The zero-order valence-electron chi connectivity index (χ0n) is 17.2. The molecule has 3 aromatic carbocycles. The van der Waals surface area contributed by atoms with Crippen LogP contribution in [0, 0.1) is 6.92 Å². The van der Waals surface area contributed by atoms with E-state index in [2.05, 4.69) is 15.3 Å². The Hall–Kier alpha value is -3.42. The minimum absolute atomic E-state index is 0.146. The number of thiophene rings is 1. The lowest BCUT2D eigenvalue weighted by molar-refractivity contribution is -0.113. The Balaban J connectivity index is 1.37. The number of amides is 1. The van der Waals surface area contributed by atoms with Crippen molar-refractivity contribution < 1.29 is 4.79 Å². The van der Waals surface area contributed by atoms with Crippen molar-refractivity contribution >= 4 is 55.7 Å². The molecule has 158 valence electrons. The lowest BCUT2D eigenvalue weighted by Crippen LogP contribution is -2.15. The number of nitrogens with zero attached hydrogens (tertiary/aromatic N) is 1. The number of anilines is 1. The van der Waals surface area contributed by atoms with Gasteiger partial charge in [0.2, 0.25) is 5.91 Å². The molecule has 0 saturated carbocycles. The second kappa shape index (κ2) is 8.61. The van der Waals surface area contributed by atoms with Crippen LogP contribution in [0.4, 0.5) is 5.69 Å². The molecule has 0 spiro atoms. The third kappa shape index (κ3) is 3.92. The van der Waals surface area contributed by atoms with Crippen molar-refractivity contribution in [3.8, 4) is 11.1 Å². The number of aryl methyl sites for hydroxylation is 1. The molecular formula is C25H19N3O2S2. The fraction of sp³-hybridized carbons (Fsp3) is 0.0800. The minimum Gasteiger partial charge on any atom is -0.325 e. The van der Waals surface area contributed by atoms with Gasteiger partial charge in [-0.25, -0.2) is 4.98 Å². The summed E-state index contributed by atoms with van der Waals surface area (Å²) in [6.45, 7) is 2.00. The summed E-state index contributed by atoms with van der Waals surface area (Å²) in [5, 5.41) is 6.06. The number of hydrogen-bond acceptors (Lipinski definition) is 5. The van der Waals surface area contributed by atoms with Gasteiger partial charge in [-0.3, -0.25) is 9.59 Å². The number of rotatable bonds is 5. The minimum atomic E-state index is -0.185. The summed E-state index contributed by atoms with van der Waals surface area (Å²) in [7, 11) is 0. The van der Waals surface area contributed by atoms with Crippen LogP contribution in [0.2, 0.25) is 0 Å². The summed E-state index contributed by atoms with van der Waals surface area (Å²) in [6.07, 6.45) is 0. The van der Waals surface area contributed by atoms with Crippen LogP contribution in [-0.4, -0.2) is 21.6 Å². The van der Waals surface area contributed by atoms with E-state index in [9.17, 15) is 9.59 Å². The summed E-state index contributed by atoms with van der Waals surface area (Å²) in [5.74, 6) is -0.00505. The molecule has 2 N–H and O–H groups in total. The molecule has 0 aliphatic carbocycles. The molecule has 0 unspecified atom stereocenters.